The molecule has 0 radical (unpaired) electrons. The summed E-state index contributed by atoms with van der Waals surface area (Å²) in [4.78, 5) is 26.6. The van der Waals surface area contributed by atoms with Crippen molar-refractivity contribution in [2.45, 2.75) is 6.42 Å². The van der Waals surface area contributed by atoms with Crippen molar-refractivity contribution < 1.29 is 14.7 Å². The fourth-order valence-corrected chi connectivity index (χ4v) is 2.19. The minimum Gasteiger partial charge on any atom is -0.478 e. The maximum absolute atomic E-state index is 11.6. The Bertz CT molecular complexity index is 599. The van der Waals surface area contributed by atoms with Crippen LogP contribution in [0.3, 0.4) is 0 Å². The number of urea groups is 1. The number of nitrogens with one attached hydrogen (secondary N) is 2. The Hall–Kier alpha value is -2.41. The van der Waals surface area contributed by atoms with E-state index in [1.165, 1.54) is 23.5 Å². The number of aromatic carboxylic acids is 1. The largest absolute Gasteiger partial charge is 0.478 e. The van der Waals surface area contributed by atoms with Crippen molar-refractivity contribution in [3.8, 4) is 0 Å². The highest BCUT2D eigenvalue weighted by Gasteiger charge is 2.06. The van der Waals surface area contributed by atoms with Crippen molar-refractivity contribution in [2.75, 3.05) is 11.9 Å². The minimum absolute atomic E-state index is 0.130. The van der Waals surface area contributed by atoms with E-state index in [0.29, 0.717) is 18.7 Å². The highest BCUT2D eigenvalue weighted by atomic mass is 32.1. The molecule has 2 amide bonds. The van der Waals surface area contributed by atoms with Crippen LogP contribution in [-0.2, 0) is 6.42 Å². The van der Waals surface area contributed by atoms with E-state index >= 15 is 0 Å². The van der Waals surface area contributed by atoms with Gasteiger partial charge in [0.1, 0.15) is 0 Å². The van der Waals surface area contributed by atoms with Gasteiger partial charge in [-0.15, -0.1) is 11.3 Å². The van der Waals surface area contributed by atoms with E-state index in [9.17, 15) is 9.59 Å². The van der Waals surface area contributed by atoms with Crippen LogP contribution in [0, 0.1) is 0 Å². The highest BCUT2D eigenvalue weighted by molar-refractivity contribution is 7.09. The van der Waals surface area contributed by atoms with Gasteiger partial charge in [-0.2, -0.15) is 0 Å². The van der Waals surface area contributed by atoms with Crippen LogP contribution in [0.25, 0.3) is 0 Å². The second-order valence-corrected chi connectivity index (χ2v) is 4.92. The van der Waals surface area contributed by atoms with Crippen LogP contribution in [-0.4, -0.2) is 28.6 Å². The number of anilines is 1. The third-order valence-corrected chi connectivity index (χ3v) is 3.31. The van der Waals surface area contributed by atoms with Crippen LogP contribution in [0.4, 0.5) is 10.5 Å². The molecule has 0 saturated heterocycles. The molecule has 0 aliphatic carbocycles. The van der Waals surface area contributed by atoms with E-state index in [0.717, 1.165) is 5.01 Å². The molecule has 1 aromatic heterocycles. The number of aromatic nitrogens is 1. The summed E-state index contributed by atoms with van der Waals surface area (Å²) >= 11 is 1.54. The minimum atomic E-state index is -1.03. The Balaban J connectivity index is 1.82. The van der Waals surface area contributed by atoms with Gasteiger partial charge in [-0.1, -0.05) is 6.07 Å². The van der Waals surface area contributed by atoms with Gasteiger partial charge in [-0.05, 0) is 18.2 Å². The standard InChI is InChI=1S/C13H13N3O3S/c17-12(18)9-2-1-3-10(8-9)16-13(19)15-5-4-11-14-6-7-20-11/h1-3,6-8H,4-5H2,(H,17,18)(H2,15,16,19). The highest BCUT2D eigenvalue weighted by Crippen LogP contribution is 2.10. The molecule has 0 unspecified atom stereocenters. The van der Waals surface area contributed by atoms with Crippen molar-refractivity contribution in [1.82, 2.24) is 10.3 Å². The quantitative estimate of drug-likeness (QED) is 0.787. The van der Waals surface area contributed by atoms with Crippen LogP contribution >= 0.6 is 11.3 Å². The topological polar surface area (TPSA) is 91.3 Å². The molecule has 1 aromatic carbocycles. The summed E-state index contributed by atoms with van der Waals surface area (Å²) in [6, 6.07) is 5.71. The lowest BCUT2D eigenvalue weighted by atomic mass is 10.2. The predicted octanol–water partition coefficient (Wildman–Crippen LogP) is 2.21. The molecule has 0 aliphatic rings. The number of carbonyl (C=O) groups is 2. The monoisotopic (exact) mass is 291 g/mol. The van der Waals surface area contributed by atoms with Gasteiger partial charge in [0.15, 0.2) is 0 Å². The van der Waals surface area contributed by atoms with Gasteiger partial charge in [0.05, 0.1) is 10.6 Å². The Labute approximate surface area is 119 Å². The van der Waals surface area contributed by atoms with Crippen LogP contribution in [0.15, 0.2) is 35.8 Å². The average molecular weight is 291 g/mol. The molecule has 7 heteroatoms. The first-order valence-electron chi connectivity index (χ1n) is 5.92. The van der Waals surface area contributed by atoms with E-state index in [1.54, 1.807) is 18.3 Å². The van der Waals surface area contributed by atoms with E-state index in [1.807, 2.05) is 5.38 Å². The van der Waals surface area contributed by atoms with Crippen LogP contribution in [0.2, 0.25) is 0 Å². The van der Waals surface area contributed by atoms with Crippen molar-refractivity contribution in [2.24, 2.45) is 0 Å². The fraction of sp³-hybridized carbons (Fsp3) is 0.154. The van der Waals surface area contributed by atoms with Gasteiger partial charge in [-0.25, -0.2) is 14.6 Å². The van der Waals surface area contributed by atoms with E-state index in [2.05, 4.69) is 15.6 Å². The number of hydrogen-bond donors (Lipinski definition) is 3. The Morgan fingerprint density at radius 1 is 1.35 bits per heavy atom. The third-order valence-electron chi connectivity index (χ3n) is 2.48. The first-order valence-corrected chi connectivity index (χ1v) is 6.79. The van der Waals surface area contributed by atoms with Gasteiger partial charge in [0.25, 0.3) is 0 Å². The molecule has 0 fully saturated rings. The fourth-order valence-electron chi connectivity index (χ4n) is 1.56. The number of nitrogens with zero attached hydrogens (tertiary/aromatic N) is 1. The van der Waals surface area contributed by atoms with Gasteiger partial charge < -0.3 is 15.7 Å². The number of rotatable bonds is 5. The second-order valence-electron chi connectivity index (χ2n) is 3.94. The smallest absolute Gasteiger partial charge is 0.335 e. The Morgan fingerprint density at radius 2 is 2.20 bits per heavy atom. The molecule has 6 nitrogen and oxygen atoms in total. The third kappa shape index (κ3) is 4.06. The molecule has 1 heterocycles. The van der Waals surface area contributed by atoms with Crippen molar-refractivity contribution in [1.29, 1.82) is 0 Å². The molecule has 0 saturated carbocycles. The summed E-state index contributed by atoms with van der Waals surface area (Å²) in [6.07, 6.45) is 2.39. The lowest BCUT2D eigenvalue weighted by molar-refractivity contribution is 0.0697. The van der Waals surface area contributed by atoms with E-state index in [4.69, 9.17) is 5.11 Å². The molecule has 20 heavy (non-hydrogen) atoms. The van der Waals surface area contributed by atoms with Crippen LogP contribution in [0.5, 0.6) is 0 Å². The zero-order valence-electron chi connectivity index (χ0n) is 10.5. The Kier molecular flexibility index (Phi) is 4.67. The Morgan fingerprint density at radius 3 is 2.90 bits per heavy atom. The zero-order chi connectivity index (χ0) is 14.4. The lowest BCUT2D eigenvalue weighted by Gasteiger charge is -2.07. The number of amides is 2. The lowest BCUT2D eigenvalue weighted by Crippen LogP contribution is -2.30. The molecule has 0 spiro atoms. The summed E-state index contributed by atoms with van der Waals surface area (Å²) < 4.78 is 0. The maximum Gasteiger partial charge on any atom is 0.335 e. The molecule has 104 valence electrons. The molecule has 2 aromatic rings. The SMILES string of the molecule is O=C(NCCc1nccs1)Nc1cccc(C(=O)O)c1. The number of thiazole rings is 1. The van der Waals surface area contributed by atoms with Crippen molar-refractivity contribution >= 4 is 29.0 Å². The summed E-state index contributed by atoms with van der Waals surface area (Å²) in [5.74, 6) is -1.03. The molecular weight excluding hydrogens is 278 g/mol. The molecule has 0 aliphatic heterocycles. The van der Waals surface area contributed by atoms with Crippen molar-refractivity contribution in [3.05, 3.63) is 46.4 Å². The zero-order valence-corrected chi connectivity index (χ0v) is 11.3. The summed E-state index contributed by atoms with van der Waals surface area (Å²) in [5, 5.41) is 17.0. The first kappa shape index (κ1) is 14.0. The first-order chi connectivity index (χ1) is 9.65. The van der Waals surface area contributed by atoms with E-state index in [-0.39, 0.29) is 11.6 Å². The number of carboxylic acid groups (broad SMARTS) is 1. The second kappa shape index (κ2) is 6.67. The van der Waals surface area contributed by atoms with Gasteiger partial charge in [-0.3, -0.25) is 0 Å². The molecular formula is C13H13N3O3S. The van der Waals surface area contributed by atoms with Crippen LogP contribution in [0.1, 0.15) is 15.4 Å². The maximum atomic E-state index is 11.6. The van der Waals surface area contributed by atoms with Gasteiger partial charge in [0, 0.05) is 30.2 Å². The van der Waals surface area contributed by atoms with E-state index < -0.39 is 5.97 Å². The van der Waals surface area contributed by atoms with Gasteiger partial charge in [0.2, 0.25) is 0 Å². The van der Waals surface area contributed by atoms with Crippen molar-refractivity contribution in [3.63, 3.8) is 0 Å². The number of carbonyl (C=O) groups excluding carboxylic acids is 1. The molecule has 0 atom stereocenters. The molecule has 2 rings (SSSR count). The number of hydrogen-bond acceptors (Lipinski definition) is 4. The number of benzene rings is 1. The summed E-state index contributed by atoms with van der Waals surface area (Å²) in [5.41, 5.74) is 0.572. The summed E-state index contributed by atoms with van der Waals surface area (Å²) in [7, 11) is 0. The predicted molar refractivity (Wildman–Crippen MR) is 76.2 cm³/mol. The van der Waals surface area contributed by atoms with Crippen LogP contribution < -0.4 is 10.6 Å². The molecule has 0 bridgehead atoms. The normalized spacial score (nSPS) is 10.0. The van der Waals surface area contributed by atoms with Gasteiger partial charge >= 0.3 is 12.0 Å². The molecule has 3 N–H and O–H groups in total. The number of carboxylic acids is 1. The average Bonchev–Trinajstić information content (AvgIpc) is 2.92. The summed E-state index contributed by atoms with van der Waals surface area (Å²) in [6.45, 7) is 0.470.